The summed E-state index contributed by atoms with van der Waals surface area (Å²) in [7, 11) is 0. The van der Waals surface area contributed by atoms with Crippen molar-refractivity contribution in [1.29, 1.82) is 0 Å². The van der Waals surface area contributed by atoms with Gasteiger partial charge in [-0.1, -0.05) is 25.2 Å². The summed E-state index contributed by atoms with van der Waals surface area (Å²) in [4.78, 5) is 23.2. The summed E-state index contributed by atoms with van der Waals surface area (Å²) in [5, 5.41) is 13.8. The number of nitrogens with one attached hydrogen (secondary N) is 1. The molecule has 0 aliphatic heterocycles. The zero-order chi connectivity index (χ0) is 14.4. The van der Waals surface area contributed by atoms with Gasteiger partial charge in [-0.3, -0.25) is 9.59 Å². The number of aliphatic hydroxyl groups is 1. The van der Waals surface area contributed by atoms with E-state index in [2.05, 4.69) is 5.32 Å². The Bertz CT molecular complexity index is 465. The predicted octanol–water partition coefficient (Wildman–Crippen LogP) is 1.13. The van der Waals surface area contributed by atoms with Gasteiger partial charge >= 0.3 is 4.87 Å². The number of aliphatic hydroxyl groups excluding tert-OH is 1. The molecule has 0 unspecified atom stereocenters. The molecule has 0 bridgehead atoms. The van der Waals surface area contributed by atoms with Crippen LogP contribution in [-0.2, 0) is 11.3 Å². The lowest BCUT2D eigenvalue weighted by molar-refractivity contribution is -0.122. The Labute approximate surface area is 117 Å². The first-order valence-corrected chi connectivity index (χ1v) is 7.38. The summed E-state index contributed by atoms with van der Waals surface area (Å²) >= 11 is 1.18. The minimum Gasteiger partial charge on any atom is -0.394 e. The Balaban J connectivity index is 2.37. The minimum atomic E-state index is -0.196. The Morgan fingerprint density at radius 3 is 2.68 bits per heavy atom. The van der Waals surface area contributed by atoms with E-state index in [0.717, 1.165) is 5.69 Å². The van der Waals surface area contributed by atoms with Gasteiger partial charge in [0.15, 0.2) is 0 Å². The quantitative estimate of drug-likeness (QED) is 0.789. The van der Waals surface area contributed by atoms with E-state index in [1.54, 1.807) is 4.57 Å². The van der Waals surface area contributed by atoms with Crippen LogP contribution in [0.25, 0.3) is 0 Å². The highest BCUT2D eigenvalue weighted by Gasteiger charge is 2.14. The first kappa shape index (κ1) is 15.9. The third kappa shape index (κ3) is 4.80. The minimum absolute atomic E-state index is 0.0216. The zero-order valence-electron chi connectivity index (χ0n) is 11.7. The van der Waals surface area contributed by atoms with Crippen LogP contribution in [0.1, 0.15) is 32.4 Å². The topological polar surface area (TPSA) is 71.3 Å². The van der Waals surface area contributed by atoms with Crippen molar-refractivity contribution in [3.63, 3.8) is 0 Å². The SMILES string of the molecule is Cc1csc(=O)n1CCCC(=O)N[C@H](CO)C(C)C. The van der Waals surface area contributed by atoms with E-state index >= 15 is 0 Å². The first-order chi connectivity index (χ1) is 8.95. The number of hydrogen-bond acceptors (Lipinski definition) is 4. The second kappa shape index (κ2) is 7.45. The molecular formula is C13H22N2O3S. The van der Waals surface area contributed by atoms with Crippen molar-refractivity contribution >= 4 is 17.2 Å². The van der Waals surface area contributed by atoms with E-state index in [0.29, 0.717) is 19.4 Å². The van der Waals surface area contributed by atoms with Gasteiger partial charge in [0, 0.05) is 24.0 Å². The van der Waals surface area contributed by atoms with Gasteiger partial charge in [0.05, 0.1) is 12.6 Å². The molecule has 2 N–H and O–H groups in total. The van der Waals surface area contributed by atoms with Gasteiger partial charge in [0.1, 0.15) is 0 Å². The number of aryl methyl sites for hydroxylation is 1. The highest BCUT2D eigenvalue weighted by atomic mass is 32.1. The van der Waals surface area contributed by atoms with Crippen LogP contribution in [0.2, 0.25) is 0 Å². The van der Waals surface area contributed by atoms with Crippen molar-refractivity contribution in [3.05, 3.63) is 20.7 Å². The number of nitrogens with zero attached hydrogens (tertiary/aromatic N) is 1. The number of rotatable bonds is 7. The average Bonchev–Trinajstić information content (AvgIpc) is 2.67. The van der Waals surface area contributed by atoms with E-state index in [1.165, 1.54) is 11.3 Å². The van der Waals surface area contributed by atoms with Crippen LogP contribution in [0.15, 0.2) is 10.2 Å². The maximum atomic E-state index is 11.7. The van der Waals surface area contributed by atoms with Crippen LogP contribution in [0.5, 0.6) is 0 Å². The van der Waals surface area contributed by atoms with Crippen molar-refractivity contribution in [2.45, 2.75) is 46.2 Å². The normalized spacial score (nSPS) is 12.7. The van der Waals surface area contributed by atoms with Crippen LogP contribution in [-0.4, -0.2) is 28.2 Å². The number of aromatic nitrogens is 1. The van der Waals surface area contributed by atoms with Gasteiger partial charge in [0.25, 0.3) is 0 Å². The van der Waals surface area contributed by atoms with Crippen LogP contribution in [0.3, 0.4) is 0 Å². The molecular weight excluding hydrogens is 264 g/mol. The number of amides is 1. The molecule has 6 heteroatoms. The molecule has 0 saturated carbocycles. The Morgan fingerprint density at radius 2 is 2.21 bits per heavy atom. The Morgan fingerprint density at radius 1 is 1.53 bits per heavy atom. The fourth-order valence-corrected chi connectivity index (χ4v) is 2.54. The summed E-state index contributed by atoms with van der Waals surface area (Å²) in [6.45, 7) is 6.31. The first-order valence-electron chi connectivity index (χ1n) is 6.50. The molecule has 0 aliphatic carbocycles. The smallest absolute Gasteiger partial charge is 0.307 e. The molecule has 1 aromatic heterocycles. The maximum absolute atomic E-state index is 11.7. The molecule has 1 rings (SSSR count). The number of hydrogen-bond donors (Lipinski definition) is 2. The fraction of sp³-hybridized carbons (Fsp3) is 0.692. The highest BCUT2D eigenvalue weighted by molar-refractivity contribution is 7.07. The molecule has 0 aromatic carbocycles. The third-order valence-corrected chi connectivity index (χ3v) is 3.99. The van der Waals surface area contributed by atoms with Gasteiger partial charge in [-0.25, -0.2) is 0 Å². The van der Waals surface area contributed by atoms with Crippen LogP contribution in [0.4, 0.5) is 0 Å². The second-order valence-corrected chi connectivity index (χ2v) is 5.82. The summed E-state index contributed by atoms with van der Waals surface area (Å²) in [5.41, 5.74) is 0.936. The van der Waals surface area contributed by atoms with E-state index < -0.39 is 0 Å². The van der Waals surface area contributed by atoms with E-state index in [4.69, 9.17) is 5.11 Å². The molecule has 1 aromatic rings. The molecule has 1 amide bonds. The van der Waals surface area contributed by atoms with Gasteiger partial charge in [-0.15, -0.1) is 0 Å². The summed E-state index contributed by atoms with van der Waals surface area (Å²) in [5.74, 6) is 0.129. The summed E-state index contributed by atoms with van der Waals surface area (Å²) in [6.07, 6.45) is 0.991. The van der Waals surface area contributed by atoms with Crippen molar-refractivity contribution in [3.8, 4) is 0 Å². The maximum Gasteiger partial charge on any atom is 0.307 e. The third-order valence-electron chi connectivity index (χ3n) is 3.11. The lowest BCUT2D eigenvalue weighted by atomic mass is 10.1. The highest BCUT2D eigenvalue weighted by Crippen LogP contribution is 2.04. The summed E-state index contributed by atoms with van der Waals surface area (Å²) in [6, 6.07) is -0.196. The number of carbonyl (C=O) groups excluding carboxylic acids is 1. The molecule has 19 heavy (non-hydrogen) atoms. The van der Waals surface area contributed by atoms with E-state index in [-0.39, 0.29) is 29.3 Å². The van der Waals surface area contributed by atoms with Gasteiger partial charge in [-0.2, -0.15) is 0 Å². The second-order valence-electron chi connectivity index (χ2n) is 5.00. The molecule has 0 aliphatic rings. The van der Waals surface area contributed by atoms with Gasteiger partial charge in [-0.05, 0) is 19.3 Å². The predicted molar refractivity (Wildman–Crippen MR) is 76.4 cm³/mol. The molecule has 1 atom stereocenters. The lowest BCUT2D eigenvalue weighted by Crippen LogP contribution is -2.41. The van der Waals surface area contributed by atoms with Crippen LogP contribution in [0, 0.1) is 12.8 Å². The summed E-state index contributed by atoms with van der Waals surface area (Å²) < 4.78 is 1.68. The zero-order valence-corrected chi connectivity index (χ0v) is 12.5. The van der Waals surface area contributed by atoms with Crippen molar-refractivity contribution in [2.24, 2.45) is 5.92 Å². The molecule has 1 heterocycles. The van der Waals surface area contributed by atoms with Crippen molar-refractivity contribution in [2.75, 3.05) is 6.61 Å². The molecule has 0 spiro atoms. The number of thiazole rings is 1. The Kier molecular flexibility index (Phi) is 6.24. The van der Waals surface area contributed by atoms with Gasteiger partial charge in [0.2, 0.25) is 5.91 Å². The monoisotopic (exact) mass is 286 g/mol. The Hall–Kier alpha value is -1.14. The van der Waals surface area contributed by atoms with Crippen LogP contribution >= 0.6 is 11.3 Å². The van der Waals surface area contributed by atoms with E-state index in [9.17, 15) is 9.59 Å². The van der Waals surface area contributed by atoms with E-state index in [1.807, 2.05) is 26.2 Å². The molecule has 108 valence electrons. The molecule has 5 nitrogen and oxygen atoms in total. The fourth-order valence-electron chi connectivity index (χ4n) is 1.77. The standard InChI is InChI=1S/C13H22N2O3S/c1-9(2)11(7-16)14-12(17)5-4-6-15-10(3)8-19-13(15)18/h8-9,11,16H,4-7H2,1-3H3,(H,14,17)/t11-/m1/s1. The van der Waals surface area contributed by atoms with Crippen molar-refractivity contribution < 1.29 is 9.90 Å². The van der Waals surface area contributed by atoms with Crippen LogP contribution < -0.4 is 10.2 Å². The molecule has 0 saturated heterocycles. The van der Waals surface area contributed by atoms with Crippen molar-refractivity contribution in [1.82, 2.24) is 9.88 Å². The molecule has 0 radical (unpaired) electrons. The number of carbonyl (C=O) groups is 1. The largest absolute Gasteiger partial charge is 0.394 e. The lowest BCUT2D eigenvalue weighted by Gasteiger charge is -2.19. The average molecular weight is 286 g/mol. The van der Waals surface area contributed by atoms with Gasteiger partial charge < -0.3 is 15.0 Å². The molecule has 0 fully saturated rings.